The average molecular weight is 208 g/mol. The molecule has 0 aromatic heterocycles. The van der Waals surface area contributed by atoms with Crippen LogP contribution in [0.25, 0.3) is 0 Å². The van der Waals surface area contributed by atoms with Crippen LogP contribution in [0.2, 0.25) is 0 Å². The second kappa shape index (κ2) is 4.48. The molecule has 0 atom stereocenters. The molecule has 0 radical (unpaired) electrons. The molecule has 1 aromatic rings. The van der Waals surface area contributed by atoms with Gasteiger partial charge in [-0.3, -0.25) is 4.84 Å². The number of hydroxylamine groups is 2. The zero-order chi connectivity index (χ0) is 9.80. The molecule has 0 saturated heterocycles. The summed E-state index contributed by atoms with van der Waals surface area (Å²) in [5.41, 5.74) is 1.26. The fourth-order valence-electron chi connectivity index (χ4n) is 1.33. The Labute approximate surface area is 87.9 Å². The highest BCUT2D eigenvalue weighted by Gasteiger charge is 2.17. The molecule has 0 bridgehead atoms. The number of nitrogens with zero attached hydrogens (tertiary/aromatic N) is 2. The van der Waals surface area contributed by atoms with Gasteiger partial charge in [0.25, 0.3) is 0 Å². The van der Waals surface area contributed by atoms with E-state index in [1.165, 1.54) is 17.5 Å². The largest absolute Gasteiger partial charge is 0.275 e. The third-order valence-electron chi connectivity index (χ3n) is 2.06. The maximum atomic E-state index is 5.18. The van der Waals surface area contributed by atoms with Gasteiger partial charge in [0, 0.05) is 18.4 Å². The van der Waals surface area contributed by atoms with Gasteiger partial charge in [0.15, 0.2) is 0 Å². The van der Waals surface area contributed by atoms with Crippen molar-refractivity contribution in [2.45, 2.75) is 6.42 Å². The lowest BCUT2D eigenvalue weighted by atomic mass is 10.1. The van der Waals surface area contributed by atoms with Crippen LogP contribution in [0.1, 0.15) is 5.56 Å². The van der Waals surface area contributed by atoms with Gasteiger partial charge in [0.2, 0.25) is 0 Å². The monoisotopic (exact) mass is 208 g/mol. The van der Waals surface area contributed by atoms with Crippen molar-refractivity contribution in [1.82, 2.24) is 5.06 Å². The summed E-state index contributed by atoms with van der Waals surface area (Å²) < 4.78 is 4.32. The number of rotatable bonds is 3. The molecule has 0 unspecified atom stereocenters. The summed E-state index contributed by atoms with van der Waals surface area (Å²) >= 11 is 1.52. The topological polar surface area (TPSA) is 24.8 Å². The molecular formula is C10H12N2OS. The molecule has 1 aliphatic rings. The van der Waals surface area contributed by atoms with Gasteiger partial charge in [-0.15, -0.1) is 0 Å². The first-order valence-corrected chi connectivity index (χ1v) is 5.39. The van der Waals surface area contributed by atoms with Crippen molar-refractivity contribution in [1.29, 1.82) is 0 Å². The molecule has 4 heteroatoms. The Hall–Kier alpha value is -1.00. The summed E-state index contributed by atoms with van der Waals surface area (Å²) in [6.45, 7) is 0. The molecule has 1 aliphatic heterocycles. The van der Waals surface area contributed by atoms with Crippen LogP contribution in [0.15, 0.2) is 34.7 Å². The van der Waals surface area contributed by atoms with Crippen molar-refractivity contribution < 1.29 is 4.84 Å². The summed E-state index contributed by atoms with van der Waals surface area (Å²) in [5, 5.41) is 1.82. The predicted octanol–water partition coefficient (Wildman–Crippen LogP) is 2.11. The highest BCUT2D eigenvalue weighted by Crippen LogP contribution is 2.18. The Morgan fingerprint density at radius 3 is 2.93 bits per heavy atom. The Bertz CT molecular complexity index is 326. The molecule has 0 spiro atoms. The van der Waals surface area contributed by atoms with E-state index in [2.05, 4.69) is 16.5 Å². The second-order valence-corrected chi connectivity index (χ2v) is 3.69. The van der Waals surface area contributed by atoms with E-state index in [1.54, 1.807) is 7.11 Å². The third-order valence-corrected chi connectivity index (χ3v) is 2.75. The molecule has 0 saturated carbocycles. The van der Waals surface area contributed by atoms with E-state index < -0.39 is 0 Å². The lowest BCUT2D eigenvalue weighted by Gasteiger charge is -2.15. The summed E-state index contributed by atoms with van der Waals surface area (Å²) in [4.78, 5) is 5.18. The van der Waals surface area contributed by atoms with Crippen LogP contribution < -0.4 is 0 Å². The Morgan fingerprint density at radius 2 is 2.21 bits per heavy atom. The summed E-state index contributed by atoms with van der Waals surface area (Å²) in [6, 6.07) is 10.3. The number of benzene rings is 1. The van der Waals surface area contributed by atoms with E-state index in [4.69, 9.17) is 4.84 Å². The molecule has 14 heavy (non-hydrogen) atoms. The van der Waals surface area contributed by atoms with Gasteiger partial charge in [-0.2, -0.15) is 4.40 Å². The normalized spacial score (nSPS) is 15.8. The third kappa shape index (κ3) is 2.08. The van der Waals surface area contributed by atoms with Gasteiger partial charge in [-0.05, 0) is 5.56 Å². The van der Waals surface area contributed by atoms with E-state index >= 15 is 0 Å². The number of hydrogen-bond donors (Lipinski definition) is 0. The molecule has 0 aliphatic carbocycles. The van der Waals surface area contributed by atoms with Crippen LogP contribution in [0, 0.1) is 0 Å². The molecule has 1 aromatic carbocycles. The van der Waals surface area contributed by atoms with Crippen LogP contribution in [-0.4, -0.2) is 23.9 Å². The highest BCUT2D eigenvalue weighted by atomic mass is 32.2. The zero-order valence-corrected chi connectivity index (χ0v) is 8.83. The van der Waals surface area contributed by atoms with Gasteiger partial charge >= 0.3 is 0 Å². The highest BCUT2D eigenvalue weighted by molar-refractivity contribution is 7.98. The van der Waals surface area contributed by atoms with E-state index in [0.717, 1.165) is 18.1 Å². The van der Waals surface area contributed by atoms with Crippen molar-refractivity contribution in [3.8, 4) is 0 Å². The van der Waals surface area contributed by atoms with Crippen molar-refractivity contribution in [3.05, 3.63) is 35.9 Å². The first-order valence-electron chi connectivity index (χ1n) is 4.44. The minimum atomic E-state index is 0.790. The van der Waals surface area contributed by atoms with Crippen LogP contribution >= 0.6 is 11.9 Å². The van der Waals surface area contributed by atoms with Crippen molar-refractivity contribution in [2.75, 3.05) is 13.0 Å². The van der Waals surface area contributed by atoms with Gasteiger partial charge < -0.3 is 0 Å². The zero-order valence-electron chi connectivity index (χ0n) is 8.01. The van der Waals surface area contributed by atoms with Crippen molar-refractivity contribution >= 4 is 17.8 Å². The van der Waals surface area contributed by atoms with Crippen LogP contribution in [0.3, 0.4) is 0 Å². The van der Waals surface area contributed by atoms with Crippen LogP contribution in [0.5, 0.6) is 0 Å². The average Bonchev–Trinajstić information content (AvgIpc) is 2.67. The molecule has 3 nitrogen and oxygen atoms in total. The standard InChI is InChI=1S/C10H12N2OS/c1-13-12-8-14-11-10(12)7-9-5-3-2-4-6-9/h2-6H,7-8H2,1H3. The van der Waals surface area contributed by atoms with Gasteiger partial charge in [-0.1, -0.05) is 30.3 Å². The van der Waals surface area contributed by atoms with Gasteiger partial charge in [-0.25, -0.2) is 5.06 Å². The van der Waals surface area contributed by atoms with E-state index in [-0.39, 0.29) is 0 Å². The lowest BCUT2D eigenvalue weighted by molar-refractivity contribution is -0.0468. The minimum absolute atomic E-state index is 0.790. The van der Waals surface area contributed by atoms with Crippen LogP contribution in [0.4, 0.5) is 0 Å². The van der Waals surface area contributed by atoms with E-state index in [1.807, 2.05) is 23.3 Å². The van der Waals surface area contributed by atoms with E-state index in [0.29, 0.717) is 0 Å². The smallest absolute Gasteiger partial charge is 0.142 e. The van der Waals surface area contributed by atoms with Crippen LogP contribution in [-0.2, 0) is 11.3 Å². The molecule has 2 rings (SSSR count). The number of hydrogen-bond acceptors (Lipinski definition) is 4. The summed E-state index contributed by atoms with van der Waals surface area (Å²) in [5.74, 6) is 1.78. The van der Waals surface area contributed by atoms with Crippen molar-refractivity contribution in [3.63, 3.8) is 0 Å². The van der Waals surface area contributed by atoms with Crippen molar-refractivity contribution in [2.24, 2.45) is 4.40 Å². The van der Waals surface area contributed by atoms with E-state index in [9.17, 15) is 0 Å². The second-order valence-electron chi connectivity index (χ2n) is 2.99. The quantitative estimate of drug-likeness (QED) is 0.711. The lowest BCUT2D eigenvalue weighted by Crippen LogP contribution is -2.27. The molecule has 0 N–H and O–H groups in total. The molecular weight excluding hydrogens is 196 g/mol. The molecule has 0 amide bonds. The molecule has 0 fully saturated rings. The van der Waals surface area contributed by atoms with Gasteiger partial charge in [0.1, 0.15) is 11.7 Å². The summed E-state index contributed by atoms with van der Waals surface area (Å²) in [6.07, 6.45) is 0.835. The maximum Gasteiger partial charge on any atom is 0.142 e. The minimum Gasteiger partial charge on any atom is -0.275 e. The Morgan fingerprint density at radius 1 is 1.43 bits per heavy atom. The summed E-state index contributed by atoms with van der Waals surface area (Å²) in [7, 11) is 1.67. The van der Waals surface area contributed by atoms with Gasteiger partial charge in [0.05, 0.1) is 7.11 Å². The maximum absolute atomic E-state index is 5.18. The Balaban J connectivity index is 2.04. The first-order chi connectivity index (χ1) is 6.90. The fourth-order valence-corrected chi connectivity index (χ4v) is 2.05. The fraction of sp³-hybridized carbons (Fsp3) is 0.300. The predicted molar refractivity (Wildman–Crippen MR) is 58.9 cm³/mol. The first kappa shape index (κ1) is 9.55. The molecule has 1 heterocycles. The SMILES string of the molecule is CON1CSN=C1Cc1ccccc1. The Kier molecular flexibility index (Phi) is 3.06. The number of amidine groups is 1. The molecule has 74 valence electrons.